The summed E-state index contributed by atoms with van der Waals surface area (Å²) < 4.78 is 24.8. The monoisotopic (exact) mass is 385 g/mol. The summed E-state index contributed by atoms with van der Waals surface area (Å²) in [6, 6.07) is 10.5. The quantitative estimate of drug-likeness (QED) is 0.800. The van der Waals surface area contributed by atoms with Gasteiger partial charge in [-0.15, -0.1) is 0 Å². The summed E-state index contributed by atoms with van der Waals surface area (Å²) in [7, 11) is -3.23. The van der Waals surface area contributed by atoms with E-state index in [0.29, 0.717) is 16.2 Å². The predicted octanol–water partition coefficient (Wildman–Crippen LogP) is 2.82. The molecule has 1 aromatic heterocycles. The zero-order valence-electron chi connectivity index (χ0n) is 15.2. The third-order valence-electron chi connectivity index (χ3n) is 5.51. The van der Waals surface area contributed by atoms with Gasteiger partial charge in [-0.05, 0) is 56.4 Å². The molecule has 2 aliphatic carbocycles. The number of aromatic nitrogens is 1. The summed E-state index contributed by atoms with van der Waals surface area (Å²) in [4.78, 5) is 15.3. The van der Waals surface area contributed by atoms with Crippen LogP contribution in [0.1, 0.15) is 42.5 Å². The Morgan fingerprint density at radius 1 is 1.19 bits per heavy atom. The van der Waals surface area contributed by atoms with Crippen molar-refractivity contribution in [3.8, 4) is 0 Å². The molecule has 0 amide bonds. The van der Waals surface area contributed by atoms with Crippen molar-refractivity contribution in [3.05, 3.63) is 69.6 Å². The standard InChI is InChI=1S/C21H23NO4S/c1-14-2-9-19(22-20(14)24)18(12-21(13-23)10-11-21)15-3-5-16(6-4-15)27(25,26)17-7-8-17/h2-6,9,12,17,23H,7-8,10-11,13H2,1H3,(H,22,24)/b18-12+. The molecule has 2 aromatic rings. The molecule has 1 aromatic carbocycles. The topological polar surface area (TPSA) is 87.2 Å². The number of pyridine rings is 1. The molecule has 4 rings (SSSR count). The van der Waals surface area contributed by atoms with Crippen LogP contribution in [0.25, 0.3) is 5.57 Å². The van der Waals surface area contributed by atoms with Crippen LogP contribution in [0.3, 0.4) is 0 Å². The van der Waals surface area contributed by atoms with Crippen molar-refractivity contribution in [2.75, 3.05) is 6.61 Å². The summed E-state index contributed by atoms with van der Waals surface area (Å²) in [5, 5.41) is 9.48. The second-order valence-corrected chi connectivity index (χ2v) is 9.96. The average molecular weight is 385 g/mol. The molecule has 2 fully saturated rings. The fraction of sp³-hybridized carbons (Fsp3) is 0.381. The van der Waals surface area contributed by atoms with Gasteiger partial charge in [0.2, 0.25) is 0 Å². The number of hydrogen-bond donors (Lipinski definition) is 2. The van der Waals surface area contributed by atoms with Crippen LogP contribution in [0, 0.1) is 12.3 Å². The average Bonchev–Trinajstić information content (AvgIpc) is 3.56. The Kier molecular flexibility index (Phi) is 4.35. The lowest BCUT2D eigenvalue weighted by Crippen LogP contribution is -2.12. The molecule has 6 heteroatoms. The van der Waals surface area contributed by atoms with E-state index in [1.807, 2.05) is 12.1 Å². The molecule has 2 N–H and O–H groups in total. The van der Waals surface area contributed by atoms with E-state index in [9.17, 15) is 18.3 Å². The number of hydrogen-bond acceptors (Lipinski definition) is 4. The molecular weight excluding hydrogens is 362 g/mol. The van der Waals surface area contributed by atoms with Gasteiger partial charge in [-0.1, -0.05) is 24.3 Å². The van der Waals surface area contributed by atoms with Crippen molar-refractivity contribution in [1.29, 1.82) is 0 Å². The highest BCUT2D eigenvalue weighted by molar-refractivity contribution is 7.92. The molecule has 0 atom stereocenters. The second-order valence-electron chi connectivity index (χ2n) is 7.73. The number of aromatic amines is 1. The normalized spacial score (nSPS) is 19.1. The number of sulfone groups is 1. The Balaban J connectivity index is 1.77. The molecule has 0 unspecified atom stereocenters. The summed E-state index contributed by atoms with van der Waals surface area (Å²) in [6.45, 7) is 1.81. The van der Waals surface area contributed by atoms with Gasteiger partial charge in [0.05, 0.1) is 16.8 Å². The van der Waals surface area contributed by atoms with Gasteiger partial charge in [-0.2, -0.15) is 0 Å². The molecule has 142 valence electrons. The van der Waals surface area contributed by atoms with Crippen molar-refractivity contribution >= 4 is 15.4 Å². The van der Waals surface area contributed by atoms with Gasteiger partial charge in [0.15, 0.2) is 9.84 Å². The van der Waals surface area contributed by atoms with E-state index in [0.717, 1.165) is 36.8 Å². The fourth-order valence-corrected chi connectivity index (χ4v) is 4.89. The number of aliphatic hydroxyl groups excluding tert-OH is 1. The Hall–Kier alpha value is -2.18. The molecule has 0 radical (unpaired) electrons. The van der Waals surface area contributed by atoms with E-state index in [1.54, 1.807) is 37.3 Å². The van der Waals surface area contributed by atoms with Gasteiger partial charge >= 0.3 is 0 Å². The van der Waals surface area contributed by atoms with E-state index in [2.05, 4.69) is 4.98 Å². The minimum Gasteiger partial charge on any atom is -0.395 e. The van der Waals surface area contributed by atoms with E-state index in [-0.39, 0.29) is 22.8 Å². The first kappa shape index (κ1) is 18.2. The van der Waals surface area contributed by atoms with Crippen LogP contribution >= 0.6 is 0 Å². The van der Waals surface area contributed by atoms with Gasteiger partial charge < -0.3 is 10.1 Å². The summed E-state index contributed by atoms with van der Waals surface area (Å²) in [5.74, 6) is 0. The minimum absolute atomic E-state index is 0.0563. The highest BCUT2D eigenvalue weighted by Crippen LogP contribution is 2.48. The number of aryl methyl sites for hydroxylation is 1. The highest BCUT2D eigenvalue weighted by Gasteiger charge is 2.40. The van der Waals surface area contributed by atoms with Crippen LogP contribution in [0.2, 0.25) is 0 Å². The maximum atomic E-state index is 12.4. The smallest absolute Gasteiger partial charge is 0.251 e. The zero-order valence-corrected chi connectivity index (χ0v) is 16.1. The lowest BCUT2D eigenvalue weighted by molar-refractivity contribution is 0.242. The van der Waals surface area contributed by atoms with Gasteiger partial charge in [0.25, 0.3) is 5.56 Å². The van der Waals surface area contributed by atoms with Crippen LogP contribution in [0.15, 0.2) is 52.2 Å². The zero-order chi connectivity index (χ0) is 19.2. The van der Waals surface area contributed by atoms with E-state index in [4.69, 9.17) is 0 Å². The summed E-state index contributed by atoms with van der Waals surface area (Å²) in [5.41, 5.74) is 2.53. The molecule has 2 aliphatic rings. The Morgan fingerprint density at radius 2 is 1.85 bits per heavy atom. The molecule has 2 saturated carbocycles. The molecular formula is C21H23NO4S. The molecule has 27 heavy (non-hydrogen) atoms. The van der Waals surface area contributed by atoms with Crippen molar-refractivity contribution in [3.63, 3.8) is 0 Å². The van der Waals surface area contributed by atoms with Crippen LogP contribution < -0.4 is 5.56 Å². The lowest BCUT2D eigenvalue weighted by Gasteiger charge is -2.14. The van der Waals surface area contributed by atoms with Crippen molar-refractivity contribution in [2.24, 2.45) is 5.41 Å². The first-order valence-electron chi connectivity index (χ1n) is 9.23. The molecule has 0 saturated heterocycles. The van der Waals surface area contributed by atoms with E-state index >= 15 is 0 Å². The summed E-state index contributed by atoms with van der Waals surface area (Å²) >= 11 is 0. The van der Waals surface area contributed by atoms with Gasteiger partial charge in [-0.3, -0.25) is 4.79 Å². The fourth-order valence-electron chi connectivity index (χ4n) is 3.23. The highest BCUT2D eigenvalue weighted by atomic mass is 32.2. The SMILES string of the molecule is Cc1ccc(/C(=C/C2(CO)CC2)c2ccc(S(=O)(=O)C3CC3)cc2)[nH]c1=O. The number of nitrogens with one attached hydrogen (secondary N) is 1. The second kappa shape index (κ2) is 6.46. The Morgan fingerprint density at radius 3 is 2.37 bits per heavy atom. The van der Waals surface area contributed by atoms with Gasteiger partial charge in [0.1, 0.15) is 0 Å². The lowest BCUT2D eigenvalue weighted by atomic mass is 9.95. The van der Waals surface area contributed by atoms with Gasteiger partial charge in [-0.25, -0.2) is 8.42 Å². The van der Waals surface area contributed by atoms with E-state index < -0.39 is 9.84 Å². The number of rotatable bonds is 6. The van der Waals surface area contributed by atoms with Crippen molar-refractivity contribution in [2.45, 2.75) is 42.8 Å². The molecule has 5 nitrogen and oxygen atoms in total. The maximum absolute atomic E-state index is 12.4. The first-order valence-corrected chi connectivity index (χ1v) is 10.8. The van der Waals surface area contributed by atoms with Crippen molar-refractivity contribution in [1.82, 2.24) is 4.98 Å². The molecule has 0 aliphatic heterocycles. The van der Waals surface area contributed by atoms with Gasteiger partial charge in [0, 0.05) is 22.2 Å². The van der Waals surface area contributed by atoms with Crippen LogP contribution in [0.5, 0.6) is 0 Å². The molecule has 1 heterocycles. The Labute approximate surface area is 158 Å². The molecule has 0 spiro atoms. The number of H-pyrrole nitrogens is 1. The largest absolute Gasteiger partial charge is 0.395 e. The minimum atomic E-state index is -3.23. The van der Waals surface area contributed by atoms with Crippen molar-refractivity contribution < 1.29 is 13.5 Å². The summed E-state index contributed by atoms with van der Waals surface area (Å²) in [6.07, 6.45) is 5.28. The third-order valence-corrected chi connectivity index (χ3v) is 7.79. The van der Waals surface area contributed by atoms with Crippen LogP contribution in [-0.4, -0.2) is 30.4 Å². The maximum Gasteiger partial charge on any atom is 0.251 e. The third kappa shape index (κ3) is 3.51. The van der Waals surface area contributed by atoms with Crippen LogP contribution in [-0.2, 0) is 9.84 Å². The number of aliphatic hydroxyl groups is 1. The predicted molar refractivity (Wildman–Crippen MR) is 104 cm³/mol. The van der Waals surface area contributed by atoms with E-state index in [1.165, 1.54) is 0 Å². The number of benzene rings is 1. The first-order chi connectivity index (χ1) is 12.8. The Bertz CT molecular complexity index is 1060. The van der Waals surface area contributed by atoms with Crippen LogP contribution in [0.4, 0.5) is 0 Å². The molecule has 0 bridgehead atoms.